The van der Waals surface area contributed by atoms with Crippen molar-refractivity contribution < 1.29 is 19.1 Å². The molecule has 0 unspecified atom stereocenters. The monoisotopic (exact) mass is 253 g/mol. The van der Waals surface area contributed by atoms with Crippen LogP contribution in [0.1, 0.15) is 34.5 Å². The Morgan fingerprint density at radius 1 is 1.44 bits per heavy atom. The highest BCUT2D eigenvalue weighted by molar-refractivity contribution is 5.97. The van der Waals surface area contributed by atoms with E-state index in [9.17, 15) is 9.90 Å². The van der Waals surface area contributed by atoms with Gasteiger partial charge in [-0.2, -0.15) is 0 Å². The maximum absolute atomic E-state index is 12.3. The SMILES string of the molecule is Cc1coc(C)c1C(=O)NC1(CO)CCOCC1. The van der Waals surface area contributed by atoms with Crippen molar-refractivity contribution in [2.24, 2.45) is 0 Å². The van der Waals surface area contributed by atoms with Gasteiger partial charge in [-0.1, -0.05) is 0 Å². The van der Waals surface area contributed by atoms with E-state index in [2.05, 4.69) is 5.32 Å². The zero-order chi connectivity index (χ0) is 13.2. The molecule has 1 fully saturated rings. The molecule has 1 aliphatic heterocycles. The molecule has 0 aromatic carbocycles. The number of amides is 1. The second kappa shape index (κ2) is 5.12. The second-order valence-electron chi connectivity index (χ2n) is 4.85. The van der Waals surface area contributed by atoms with Crippen molar-refractivity contribution in [1.82, 2.24) is 5.32 Å². The fourth-order valence-electron chi connectivity index (χ4n) is 2.30. The summed E-state index contributed by atoms with van der Waals surface area (Å²) in [6.07, 6.45) is 2.83. The topological polar surface area (TPSA) is 71.7 Å². The number of furan rings is 1. The van der Waals surface area contributed by atoms with E-state index in [0.29, 0.717) is 37.4 Å². The zero-order valence-electron chi connectivity index (χ0n) is 10.8. The first-order chi connectivity index (χ1) is 8.58. The van der Waals surface area contributed by atoms with Crippen molar-refractivity contribution >= 4 is 5.91 Å². The molecule has 100 valence electrons. The van der Waals surface area contributed by atoms with Crippen LogP contribution in [0.2, 0.25) is 0 Å². The molecule has 0 bridgehead atoms. The summed E-state index contributed by atoms with van der Waals surface area (Å²) >= 11 is 0. The lowest BCUT2D eigenvalue weighted by Gasteiger charge is -2.36. The highest BCUT2D eigenvalue weighted by Crippen LogP contribution is 2.22. The number of hydrogen-bond acceptors (Lipinski definition) is 4. The Bertz CT molecular complexity index is 413. The van der Waals surface area contributed by atoms with Gasteiger partial charge in [0.1, 0.15) is 5.76 Å². The predicted octanol–water partition coefficient (Wildman–Crippen LogP) is 1.17. The van der Waals surface area contributed by atoms with E-state index in [0.717, 1.165) is 5.56 Å². The van der Waals surface area contributed by atoms with Gasteiger partial charge in [-0.25, -0.2) is 0 Å². The van der Waals surface area contributed by atoms with Crippen molar-refractivity contribution in [2.75, 3.05) is 19.8 Å². The van der Waals surface area contributed by atoms with E-state index >= 15 is 0 Å². The number of hydrogen-bond donors (Lipinski definition) is 2. The van der Waals surface area contributed by atoms with Crippen molar-refractivity contribution in [1.29, 1.82) is 0 Å². The summed E-state index contributed by atoms with van der Waals surface area (Å²) in [5.41, 5.74) is 0.811. The fourth-order valence-corrected chi connectivity index (χ4v) is 2.30. The number of aliphatic hydroxyl groups excluding tert-OH is 1. The highest BCUT2D eigenvalue weighted by Gasteiger charge is 2.34. The zero-order valence-corrected chi connectivity index (χ0v) is 10.8. The lowest BCUT2D eigenvalue weighted by atomic mass is 9.90. The van der Waals surface area contributed by atoms with Gasteiger partial charge in [0.15, 0.2) is 0 Å². The smallest absolute Gasteiger partial charge is 0.255 e. The van der Waals surface area contributed by atoms with Gasteiger partial charge in [-0.3, -0.25) is 4.79 Å². The summed E-state index contributed by atoms with van der Waals surface area (Å²) in [6, 6.07) is 0. The quantitative estimate of drug-likeness (QED) is 0.848. The van der Waals surface area contributed by atoms with E-state index in [1.807, 2.05) is 6.92 Å². The molecule has 0 radical (unpaired) electrons. The number of aliphatic hydroxyl groups is 1. The van der Waals surface area contributed by atoms with Crippen molar-refractivity contribution in [3.8, 4) is 0 Å². The minimum atomic E-state index is -0.564. The average Bonchev–Trinajstić information content (AvgIpc) is 2.70. The average molecular weight is 253 g/mol. The van der Waals surface area contributed by atoms with Crippen LogP contribution in [-0.4, -0.2) is 36.4 Å². The lowest BCUT2D eigenvalue weighted by molar-refractivity contribution is 0.0125. The Morgan fingerprint density at radius 3 is 2.61 bits per heavy atom. The summed E-state index contributed by atoms with van der Waals surface area (Å²) in [5.74, 6) is 0.417. The van der Waals surface area contributed by atoms with Crippen LogP contribution in [0, 0.1) is 13.8 Å². The third-order valence-corrected chi connectivity index (χ3v) is 3.52. The Morgan fingerprint density at radius 2 is 2.11 bits per heavy atom. The largest absolute Gasteiger partial charge is 0.469 e. The van der Waals surface area contributed by atoms with Crippen molar-refractivity contribution in [3.05, 3.63) is 23.2 Å². The second-order valence-corrected chi connectivity index (χ2v) is 4.85. The van der Waals surface area contributed by atoms with E-state index in [1.54, 1.807) is 13.2 Å². The van der Waals surface area contributed by atoms with Gasteiger partial charge in [0.25, 0.3) is 5.91 Å². The van der Waals surface area contributed by atoms with Crippen LogP contribution in [0.5, 0.6) is 0 Å². The molecule has 1 aromatic heterocycles. The summed E-state index contributed by atoms with van der Waals surface area (Å²) < 4.78 is 10.5. The first kappa shape index (κ1) is 13.1. The molecule has 1 saturated heterocycles. The Hall–Kier alpha value is -1.33. The molecule has 0 atom stereocenters. The van der Waals surface area contributed by atoms with Gasteiger partial charge in [-0.05, 0) is 26.7 Å². The Balaban J connectivity index is 2.15. The van der Waals surface area contributed by atoms with Gasteiger partial charge in [0, 0.05) is 18.8 Å². The number of aryl methyl sites for hydroxylation is 2. The molecule has 0 aliphatic carbocycles. The number of carbonyl (C=O) groups excluding carboxylic acids is 1. The van der Waals surface area contributed by atoms with Gasteiger partial charge < -0.3 is 19.6 Å². The molecular weight excluding hydrogens is 234 g/mol. The number of ether oxygens (including phenoxy) is 1. The molecule has 2 heterocycles. The molecule has 1 amide bonds. The van der Waals surface area contributed by atoms with Crippen LogP contribution >= 0.6 is 0 Å². The molecule has 1 aliphatic rings. The molecule has 0 saturated carbocycles. The van der Waals surface area contributed by atoms with Gasteiger partial charge >= 0.3 is 0 Å². The normalized spacial score (nSPS) is 18.6. The van der Waals surface area contributed by atoms with Crippen LogP contribution in [0.3, 0.4) is 0 Å². The minimum absolute atomic E-state index is 0.0714. The summed E-state index contributed by atoms with van der Waals surface area (Å²) in [5, 5.41) is 12.5. The summed E-state index contributed by atoms with van der Waals surface area (Å²) in [6.45, 7) is 4.64. The number of carbonyl (C=O) groups is 1. The first-order valence-corrected chi connectivity index (χ1v) is 6.14. The fraction of sp³-hybridized carbons (Fsp3) is 0.615. The summed E-state index contributed by atoms with van der Waals surface area (Å²) in [4.78, 5) is 12.3. The predicted molar refractivity (Wildman–Crippen MR) is 65.5 cm³/mol. The van der Waals surface area contributed by atoms with E-state index < -0.39 is 5.54 Å². The molecular formula is C13H19NO4. The van der Waals surface area contributed by atoms with Crippen LogP contribution in [0.25, 0.3) is 0 Å². The van der Waals surface area contributed by atoms with Crippen molar-refractivity contribution in [3.63, 3.8) is 0 Å². The van der Waals surface area contributed by atoms with E-state index in [1.165, 1.54) is 0 Å². The lowest BCUT2D eigenvalue weighted by Crippen LogP contribution is -2.54. The first-order valence-electron chi connectivity index (χ1n) is 6.14. The van der Waals surface area contributed by atoms with Crippen LogP contribution < -0.4 is 5.32 Å². The molecule has 2 rings (SSSR count). The third-order valence-electron chi connectivity index (χ3n) is 3.52. The number of rotatable bonds is 3. The standard InChI is InChI=1S/C13H19NO4/c1-9-7-18-10(2)11(9)12(16)14-13(8-15)3-5-17-6-4-13/h7,15H,3-6,8H2,1-2H3,(H,14,16). The van der Waals surface area contributed by atoms with Gasteiger partial charge in [0.05, 0.1) is 24.0 Å². The third kappa shape index (κ3) is 2.42. The summed E-state index contributed by atoms with van der Waals surface area (Å²) in [7, 11) is 0. The Labute approximate surface area is 106 Å². The van der Waals surface area contributed by atoms with Gasteiger partial charge in [0.2, 0.25) is 0 Å². The Kier molecular flexibility index (Phi) is 3.73. The van der Waals surface area contributed by atoms with Crippen molar-refractivity contribution in [2.45, 2.75) is 32.2 Å². The van der Waals surface area contributed by atoms with Crippen LogP contribution in [0.4, 0.5) is 0 Å². The maximum Gasteiger partial charge on any atom is 0.255 e. The molecule has 2 N–H and O–H groups in total. The number of nitrogens with one attached hydrogen (secondary N) is 1. The molecule has 18 heavy (non-hydrogen) atoms. The van der Waals surface area contributed by atoms with Gasteiger partial charge in [-0.15, -0.1) is 0 Å². The molecule has 5 nitrogen and oxygen atoms in total. The highest BCUT2D eigenvalue weighted by atomic mass is 16.5. The molecule has 1 aromatic rings. The molecule has 0 spiro atoms. The molecule has 5 heteroatoms. The minimum Gasteiger partial charge on any atom is -0.469 e. The van der Waals surface area contributed by atoms with E-state index in [-0.39, 0.29) is 12.5 Å². The maximum atomic E-state index is 12.3. The van der Waals surface area contributed by atoms with Crippen LogP contribution in [0.15, 0.2) is 10.7 Å². The van der Waals surface area contributed by atoms with E-state index in [4.69, 9.17) is 9.15 Å². The van der Waals surface area contributed by atoms with Crippen LogP contribution in [-0.2, 0) is 4.74 Å².